The maximum atomic E-state index is 14.1. The van der Waals surface area contributed by atoms with Gasteiger partial charge in [-0.25, -0.2) is 4.79 Å². The lowest BCUT2D eigenvalue weighted by Crippen LogP contribution is -2.53. The van der Waals surface area contributed by atoms with E-state index in [9.17, 15) is 14.4 Å². The smallest absolute Gasteiger partial charge is 0.408 e. The molecule has 0 saturated carbocycles. The first-order valence-electron chi connectivity index (χ1n) is 13.2. The zero-order valence-corrected chi connectivity index (χ0v) is 23.2. The number of likely N-dealkylation sites (N-methyl/N-ethyl adjacent to an activating group) is 1. The number of amides is 3. The van der Waals surface area contributed by atoms with Crippen molar-refractivity contribution in [1.82, 2.24) is 15.5 Å². The Labute approximate surface area is 222 Å². The summed E-state index contributed by atoms with van der Waals surface area (Å²) in [5.74, 6) is -0.564. The van der Waals surface area contributed by atoms with E-state index in [4.69, 9.17) is 4.74 Å². The number of carbonyl (C=O) groups is 3. The minimum absolute atomic E-state index is 0.226. The molecular formula is C30H43N3O4. The van der Waals surface area contributed by atoms with E-state index in [0.29, 0.717) is 13.1 Å². The van der Waals surface area contributed by atoms with Gasteiger partial charge in [0.2, 0.25) is 11.8 Å². The Morgan fingerprint density at radius 1 is 0.946 bits per heavy atom. The van der Waals surface area contributed by atoms with Crippen molar-refractivity contribution in [2.75, 3.05) is 13.1 Å². The van der Waals surface area contributed by atoms with Crippen LogP contribution in [-0.4, -0.2) is 47.5 Å². The van der Waals surface area contributed by atoms with Gasteiger partial charge in [0.15, 0.2) is 0 Å². The van der Waals surface area contributed by atoms with Gasteiger partial charge in [-0.05, 0) is 57.7 Å². The minimum Gasteiger partial charge on any atom is -0.444 e. The van der Waals surface area contributed by atoms with Gasteiger partial charge in [-0.15, -0.1) is 0 Å². The first-order valence-corrected chi connectivity index (χ1v) is 13.2. The fraction of sp³-hybridized carbons (Fsp3) is 0.500. The highest BCUT2D eigenvalue weighted by Crippen LogP contribution is 2.26. The lowest BCUT2D eigenvalue weighted by Gasteiger charge is -2.34. The Bertz CT molecular complexity index is 1020. The first kappa shape index (κ1) is 29.9. The Kier molecular flexibility index (Phi) is 11.6. The quantitative estimate of drug-likeness (QED) is 0.379. The van der Waals surface area contributed by atoms with Crippen molar-refractivity contribution in [3.63, 3.8) is 0 Å². The molecule has 0 spiro atoms. The lowest BCUT2D eigenvalue weighted by molar-refractivity contribution is -0.142. The summed E-state index contributed by atoms with van der Waals surface area (Å²) >= 11 is 0. The topological polar surface area (TPSA) is 87.7 Å². The Morgan fingerprint density at radius 3 is 2.19 bits per heavy atom. The maximum Gasteiger partial charge on any atom is 0.408 e. The number of carbonyl (C=O) groups excluding carboxylic acids is 3. The van der Waals surface area contributed by atoms with Crippen molar-refractivity contribution in [3.05, 3.63) is 71.3 Å². The van der Waals surface area contributed by atoms with Crippen LogP contribution in [0.5, 0.6) is 0 Å². The highest BCUT2D eigenvalue weighted by molar-refractivity contribution is 5.92. The van der Waals surface area contributed by atoms with Gasteiger partial charge in [-0.3, -0.25) is 9.59 Å². The van der Waals surface area contributed by atoms with Gasteiger partial charge in [-0.2, -0.15) is 0 Å². The molecular weight excluding hydrogens is 466 g/mol. The number of ether oxygens (including phenoxy) is 1. The van der Waals surface area contributed by atoms with Crippen molar-refractivity contribution in [2.24, 2.45) is 0 Å². The fourth-order valence-electron chi connectivity index (χ4n) is 4.19. The number of hydrogen-bond acceptors (Lipinski definition) is 4. The van der Waals surface area contributed by atoms with Gasteiger partial charge >= 0.3 is 6.09 Å². The molecule has 0 radical (unpaired) electrons. The highest BCUT2D eigenvalue weighted by atomic mass is 16.6. The molecule has 0 aliphatic rings. The zero-order chi connectivity index (χ0) is 27.4. The predicted octanol–water partition coefficient (Wildman–Crippen LogP) is 5.33. The monoisotopic (exact) mass is 509 g/mol. The van der Waals surface area contributed by atoms with Gasteiger partial charge in [0.25, 0.3) is 0 Å². The van der Waals surface area contributed by atoms with E-state index in [2.05, 4.69) is 17.6 Å². The fourth-order valence-corrected chi connectivity index (χ4v) is 4.19. The van der Waals surface area contributed by atoms with E-state index in [1.54, 1.807) is 25.7 Å². The van der Waals surface area contributed by atoms with Gasteiger partial charge in [0.1, 0.15) is 17.7 Å². The van der Waals surface area contributed by atoms with Crippen LogP contribution in [0.15, 0.2) is 54.6 Å². The molecule has 0 aromatic heterocycles. The van der Waals surface area contributed by atoms with Gasteiger partial charge in [0, 0.05) is 19.5 Å². The number of hydrogen-bond donors (Lipinski definition) is 2. The third kappa shape index (κ3) is 9.56. The van der Waals surface area contributed by atoms with Crippen LogP contribution >= 0.6 is 0 Å². The van der Waals surface area contributed by atoms with Crippen molar-refractivity contribution in [1.29, 1.82) is 0 Å². The Morgan fingerprint density at radius 2 is 1.59 bits per heavy atom. The van der Waals surface area contributed by atoms with Crippen LogP contribution in [0.1, 0.15) is 76.6 Å². The van der Waals surface area contributed by atoms with Crippen molar-refractivity contribution in [3.8, 4) is 0 Å². The molecule has 2 unspecified atom stereocenters. The minimum atomic E-state index is -0.906. The number of nitrogens with one attached hydrogen (secondary N) is 2. The second-order valence-electron chi connectivity index (χ2n) is 10.3. The molecule has 37 heavy (non-hydrogen) atoms. The summed E-state index contributed by atoms with van der Waals surface area (Å²) in [5.41, 5.74) is 1.87. The summed E-state index contributed by atoms with van der Waals surface area (Å²) in [4.78, 5) is 41.9. The number of aryl methyl sites for hydroxylation is 1. The van der Waals surface area contributed by atoms with Gasteiger partial charge in [-0.1, -0.05) is 74.4 Å². The van der Waals surface area contributed by atoms with E-state index < -0.39 is 23.8 Å². The number of unbranched alkanes of at least 4 members (excludes halogenated alkanes) is 2. The molecule has 2 atom stereocenters. The molecule has 0 saturated heterocycles. The summed E-state index contributed by atoms with van der Waals surface area (Å²) < 4.78 is 5.46. The molecule has 202 valence electrons. The van der Waals surface area contributed by atoms with E-state index in [0.717, 1.165) is 36.0 Å². The van der Waals surface area contributed by atoms with Crippen molar-refractivity contribution in [2.45, 2.75) is 84.9 Å². The predicted molar refractivity (Wildman–Crippen MR) is 147 cm³/mol. The largest absolute Gasteiger partial charge is 0.444 e. The third-order valence-corrected chi connectivity index (χ3v) is 6.02. The van der Waals surface area contributed by atoms with Crippen LogP contribution in [0.25, 0.3) is 0 Å². The molecule has 0 heterocycles. The molecule has 0 fully saturated rings. The number of nitrogens with zero attached hydrogens (tertiary/aromatic N) is 1. The number of rotatable bonds is 12. The molecule has 0 aliphatic heterocycles. The van der Waals surface area contributed by atoms with E-state index in [1.807, 2.05) is 68.4 Å². The summed E-state index contributed by atoms with van der Waals surface area (Å²) in [7, 11) is 0. The van der Waals surface area contributed by atoms with E-state index >= 15 is 0 Å². The molecule has 2 rings (SSSR count). The van der Waals surface area contributed by atoms with E-state index in [1.165, 1.54) is 0 Å². The maximum absolute atomic E-state index is 14.1. The molecule has 7 heteroatoms. The second-order valence-corrected chi connectivity index (χ2v) is 10.3. The lowest BCUT2D eigenvalue weighted by atomic mass is 9.97. The summed E-state index contributed by atoms with van der Waals surface area (Å²) in [6.45, 7) is 12.1. The summed E-state index contributed by atoms with van der Waals surface area (Å²) in [6, 6.07) is 15.4. The molecule has 0 bridgehead atoms. The molecule has 2 aromatic rings. The Balaban J connectivity index is 2.42. The van der Waals surface area contributed by atoms with Crippen LogP contribution in [0, 0.1) is 6.92 Å². The average molecular weight is 510 g/mol. The SMILES string of the molecule is CCCCCNC(=O)C(c1ccccc1C)N(CC)C(=O)C(Cc1ccccc1)NC(=O)OC(C)(C)C. The number of alkyl carbamates (subject to hydrolysis) is 1. The third-order valence-electron chi connectivity index (χ3n) is 6.02. The van der Waals surface area contributed by atoms with Gasteiger partial charge < -0.3 is 20.3 Å². The molecule has 2 N–H and O–H groups in total. The second kappa shape index (κ2) is 14.4. The van der Waals surface area contributed by atoms with Crippen LogP contribution in [0.3, 0.4) is 0 Å². The van der Waals surface area contributed by atoms with Crippen molar-refractivity contribution >= 4 is 17.9 Å². The number of benzene rings is 2. The zero-order valence-electron chi connectivity index (χ0n) is 23.2. The summed E-state index contributed by atoms with van der Waals surface area (Å²) in [5, 5.41) is 5.80. The standard InChI is InChI=1S/C30H43N3O4/c1-7-9-15-20-31-27(34)26(24-19-14-13-16-22(24)3)33(8-2)28(35)25(21-23-17-11-10-12-18-23)32-29(36)37-30(4,5)6/h10-14,16-19,25-26H,7-9,15,20-21H2,1-6H3,(H,31,34)(H,32,36). The molecule has 3 amide bonds. The van der Waals surface area contributed by atoms with Crippen LogP contribution in [0.4, 0.5) is 4.79 Å². The van der Waals surface area contributed by atoms with E-state index in [-0.39, 0.29) is 18.2 Å². The van der Waals surface area contributed by atoms with Crippen LogP contribution in [0.2, 0.25) is 0 Å². The Hall–Kier alpha value is -3.35. The highest BCUT2D eigenvalue weighted by Gasteiger charge is 2.36. The van der Waals surface area contributed by atoms with Crippen LogP contribution in [-0.2, 0) is 20.7 Å². The first-order chi connectivity index (χ1) is 17.6. The average Bonchev–Trinajstić information content (AvgIpc) is 2.84. The summed E-state index contributed by atoms with van der Waals surface area (Å²) in [6.07, 6.45) is 2.54. The molecule has 0 aliphatic carbocycles. The normalized spacial score (nSPS) is 12.8. The molecule has 2 aromatic carbocycles. The van der Waals surface area contributed by atoms with Gasteiger partial charge in [0.05, 0.1) is 0 Å². The van der Waals surface area contributed by atoms with Crippen molar-refractivity contribution < 1.29 is 19.1 Å². The molecule has 7 nitrogen and oxygen atoms in total. The van der Waals surface area contributed by atoms with Crippen LogP contribution < -0.4 is 10.6 Å².